The van der Waals surface area contributed by atoms with E-state index in [0.717, 1.165) is 6.54 Å². The molecule has 1 N–H and O–H groups in total. The first-order valence-corrected chi connectivity index (χ1v) is 6.66. The van der Waals surface area contributed by atoms with Gasteiger partial charge in [-0.1, -0.05) is 0 Å². The SMILES string of the molecule is CC1CN(CCC(=O)N(C)CCC#N)CC(CO)O1. The van der Waals surface area contributed by atoms with Crippen LogP contribution in [-0.2, 0) is 9.53 Å². The van der Waals surface area contributed by atoms with Gasteiger partial charge >= 0.3 is 0 Å². The first-order valence-electron chi connectivity index (χ1n) is 6.66. The molecule has 1 saturated heterocycles. The molecular weight excluding hydrogens is 246 g/mol. The van der Waals surface area contributed by atoms with Crippen molar-refractivity contribution in [3.63, 3.8) is 0 Å². The van der Waals surface area contributed by atoms with E-state index in [4.69, 9.17) is 15.1 Å². The lowest BCUT2D eigenvalue weighted by atomic mass is 10.2. The Morgan fingerprint density at radius 1 is 1.58 bits per heavy atom. The number of aliphatic hydroxyl groups is 1. The third-order valence-electron chi connectivity index (χ3n) is 3.23. The summed E-state index contributed by atoms with van der Waals surface area (Å²) in [4.78, 5) is 15.6. The van der Waals surface area contributed by atoms with Crippen molar-refractivity contribution in [2.45, 2.75) is 32.0 Å². The first-order chi connectivity index (χ1) is 9.06. The highest BCUT2D eigenvalue weighted by atomic mass is 16.5. The van der Waals surface area contributed by atoms with Gasteiger partial charge in [-0.3, -0.25) is 9.69 Å². The van der Waals surface area contributed by atoms with Crippen molar-refractivity contribution in [2.24, 2.45) is 0 Å². The molecule has 1 rings (SSSR count). The van der Waals surface area contributed by atoms with E-state index in [-0.39, 0.29) is 24.7 Å². The number of hydrogen-bond acceptors (Lipinski definition) is 5. The molecule has 0 aromatic heterocycles. The molecule has 0 aliphatic carbocycles. The van der Waals surface area contributed by atoms with Crippen LogP contribution in [0.1, 0.15) is 19.8 Å². The predicted octanol–water partition coefficient (Wildman–Crippen LogP) is -0.170. The van der Waals surface area contributed by atoms with Crippen LogP contribution in [0, 0.1) is 11.3 Å². The van der Waals surface area contributed by atoms with Crippen molar-refractivity contribution in [2.75, 3.05) is 39.8 Å². The number of rotatable bonds is 6. The van der Waals surface area contributed by atoms with E-state index in [1.165, 1.54) is 0 Å². The number of amides is 1. The number of hydrogen-bond donors (Lipinski definition) is 1. The van der Waals surface area contributed by atoms with E-state index in [0.29, 0.717) is 32.5 Å². The standard InChI is InChI=1S/C13H23N3O3/c1-11-8-16(9-12(10-17)19-11)7-4-13(18)15(2)6-3-5-14/h11-12,17H,3-4,6-10H2,1-2H3. The van der Waals surface area contributed by atoms with Gasteiger partial charge in [-0.2, -0.15) is 5.26 Å². The van der Waals surface area contributed by atoms with E-state index in [1.807, 2.05) is 13.0 Å². The highest BCUT2D eigenvalue weighted by molar-refractivity contribution is 5.76. The molecule has 0 saturated carbocycles. The molecule has 6 nitrogen and oxygen atoms in total. The summed E-state index contributed by atoms with van der Waals surface area (Å²) >= 11 is 0. The molecule has 0 aromatic carbocycles. The second-order valence-electron chi connectivity index (χ2n) is 4.98. The molecule has 0 spiro atoms. The Balaban J connectivity index is 2.31. The van der Waals surface area contributed by atoms with Crippen molar-refractivity contribution >= 4 is 5.91 Å². The topological polar surface area (TPSA) is 76.8 Å². The van der Waals surface area contributed by atoms with E-state index in [1.54, 1.807) is 11.9 Å². The average molecular weight is 269 g/mol. The average Bonchev–Trinajstić information content (AvgIpc) is 2.41. The molecule has 0 bridgehead atoms. The summed E-state index contributed by atoms with van der Waals surface area (Å²) in [5.41, 5.74) is 0. The Labute approximate surface area is 114 Å². The summed E-state index contributed by atoms with van der Waals surface area (Å²) < 4.78 is 5.55. The summed E-state index contributed by atoms with van der Waals surface area (Å²) in [5, 5.41) is 17.6. The summed E-state index contributed by atoms with van der Waals surface area (Å²) in [5.74, 6) is 0.0509. The Kier molecular flexibility index (Phi) is 6.78. The number of nitrogens with zero attached hydrogens (tertiary/aromatic N) is 3. The van der Waals surface area contributed by atoms with E-state index in [9.17, 15) is 4.79 Å². The number of aliphatic hydroxyl groups excluding tert-OH is 1. The normalized spacial score (nSPS) is 23.9. The van der Waals surface area contributed by atoms with Gasteiger partial charge < -0.3 is 14.7 Å². The van der Waals surface area contributed by atoms with Gasteiger partial charge in [0.05, 0.1) is 31.3 Å². The maximum atomic E-state index is 11.8. The van der Waals surface area contributed by atoms with Gasteiger partial charge in [0.15, 0.2) is 0 Å². The third-order valence-corrected chi connectivity index (χ3v) is 3.23. The fourth-order valence-electron chi connectivity index (χ4n) is 2.21. The van der Waals surface area contributed by atoms with Crippen LogP contribution in [0.25, 0.3) is 0 Å². The molecule has 1 aliphatic heterocycles. The van der Waals surface area contributed by atoms with Gasteiger partial charge in [-0.05, 0) is 6.92 Å². The van der Waals surface area contributed by atoms with E-state index >= 15 is 0 Å². The van der Waals surface area contributed by atoms with Gasteiger partial charge in [0, 0.05) is 39.6 Å². The van der Waals surface area contributed by atoms with Gasteiger partial charge in [0.1, 0.15) is 0 Å². The largest absolute Gasteiger partial charge is 0.394 e. The lowest BCUT2D eigenvalue weighted by molar-refractivity contribution is -0.131. The van der Waals surface area contributed by atoms with Crippen LogP contribution in [0.3, 0.4) is 0 Å². The monoisotopic (exact) mass is 269 g/mol. The Bertz CT molecular complexity index is 330. The molecule has 1 fully saturated rings. The maximum Gasteiger partial charge on any atom is 0.223 e. The van der Waals surface area contributed by atoms with Crippen molar-refractivity contribution in [1.82, 2.24) is 9.80 Å². The zero-order chi connectivity index (χ0) is 14.3. The van der Waals surface area contributed by atoms with Crippen molar-refractivity contribution in [3.05, 3.63) is 0 Å². The minimum Gasteiger partial charge on any atom is -0.394 e. The molecule has 1 heterocycles. The van der Waals surface area contributed by atoms with Crippen molar-refractivity contribution in [3.8, 4) is 6.07 Å². The smallest absolute Gasteiger partial charge is 0.223 e. The lowest BCUT2D eigenvalue weighted by Crippen LogP contribution is -2.48. The molecule has 108 valence electrons. The maximum absolute atomic E-state index is 11.8. The van der Waals surface area contributed by atoms with E-state index < -0.39 is 0 Å². The van der Waals surface area contributed by atoms with E-state index in [2.05, 4.69) is 4.90 Å². The molecule has 2 atom stereocenters. The first kappa shape index (κ1) is 15.9. The number of morpholine rings is 1. The lowest BCUT2D eigenvalue weighted by Gasteiger charge is -2.36. The van der Waals surface area contributed by atoms with Crippen LogP contribution in [-0.4, -0.2) is 72.9 Å². The van der Waals surface area contributed by atoms with Gasteiger partial charge in [0.2, 0.25) is 5.91 Å². The van der Waals surface area contributed by atoms with Gasteiger partial charge in [-0.15, -0.1) is 0 Å². The highest BCUT2D eigenvalue weighted by Crippen LogP contribution is 2.11. The summed E-state index contributed by atoms with van der Waals surface area (Å²) in [6.07, 6.45) is 0.725. The minimum atomic E-state index is -0.157. The molecular formula is C13H23N3O3. The zero-order valence-electron chi connectivity index (χ0n) is 11.7. The van der Waals surface area contributed by atoms with Crippen LogP contribution in [0.15, 0.2) is 0 Å². The van der Waals surface area contributed by atoms with Crippen LogP contribution < -0.4 is 0 Å². The summed E-state index contributed by atoms with van der Waals surface area (Å²) in [7, 11) is 1.72. The van der Waals surface area contributed by atoms with Crippen molar-refractivity contribution < 1.29 is 14.6 Å². The fourth-order valence-corrected chi connectivity index (χ4v) is 2.21. The van der Waals surface area contributed by atoms with Crippen LogP contribution in [0.2, 0.25) is 0 Å². The Hall–Kier alpha value is -1.16. The van der Waals surface area contributed by atoms with Crippen molar-refractivity contribution in [1.29, 1.82) is 5.26 Å². The second kappa shape index (κ2) is 8.10. The number of carbonyl (C=O) groups is 1. The predicted molar refractivity (Wildman–Crippen MR) is 70.3 cm³/mol. The minimum absolute atomic E-state index is 0.0108. The molecule has 19 heavy (non-hydrogen) atoms. The Morgan fingerprint density at radius 3 is 2.95 bits per heavy atom. The summed E-state index contributed by atoms with van der Waals surface area (Å²) in [6, 6.07) is 2.03. The molecule has 1 amide bonds. The Morgan fingerprint density at radius 2 is 2.32 bits per heavy atom. The van der Waals surface area contributed by atoms with Crippen LogP contribution in [0.5, 0.6) is 0 Å². The molecule has 2 unspecified atom stereocenters. The van der Waals surface area contributed by atoms with Gasteiger partial charge in [0.25, 0.3) is 0 Å². The van der Waals surface area contributed by atoms with Crippen LogP contribution >= 0.6 is 0 Å². The number of nitriles is 1. The molecule has 0 radical (unpaired) electrons. The highest BCUT2D eigenvalue weighted by Gasteiger charge is 2.25. The fraction of sp³-hybridized carbons (Fsp3) is 0.846. The molecule has 6 heteroatoms. The molecule has 0 aromatic rings. The van der Waals surface area contributed by atoms with Gasteiger partial charge in [-0.25, -0.2) is 0 Å². The number of ether oxygens (including phenoxy) is 1. The zero-order valence-corrected chi connectivity index (χ0v) is 11.7. The molecule has 1 aliphatic rings. The summed E-state index contributed by atoms with van der Waals surface area (Å²) in [6.45, 7) is 4.57. The number of carbonyl (C=O) groups excluding carboxylic acids is 1. The third kappa shape index (κ3) is 5.55. The quantitative estimate of drug-likeness (QED) is 0.724. The van der Waals surface area contributed by atoms with Crippen LogP contribution in [0.4, 0.5) is 0 Å². The second-order valence-corrected chi connectivity index (χ2v) is 4.98.